The van der Waals surface area contributed by atoms with Crippen molar-refractivity contribution in [2.24, 2.45) is 0 Å². The normalized spacial score (nSPS) is 20.2. The van der Waals surface area contributed by atoms with Crippen LogP contribution in [0.15, 0.2) is 116 Å². The SMILES string of the molecule is CC(C)=CCC/C(C)=C/CC/C(C)=C\CC/C(C)=C\CC/C(C)=C\CC/C(C)=C\CC/C(C)=C\CC/C(C)=C\CC/C(C)=C\CC/C(C)=C\COP(=O)(O)O[14C@@H]1O[C@H](CO[Si](C)(C)C(C)(C)C)[C@@H](O[Si](C)(C)C(C)(C)C)[C@@H]1O[Si](C)(C)C(C)(C)C. The molecule has 85 heavy (non-hydrogen) atoms. The lowest BCUT2D eigenvalue weighted by Gasteiger charge is -2.44. The monoisotopic (exact) mass is 1250 g/mol. The minimum Gasteiger partial charge on any atom is -0.414 e. The molecule has 5 atom stereocenters. The highest BCUT2D eigenvalue weighted by atomic mass is 31.2. The van der Waals surface area contributed by atoms with Crippen molar-refractivity contribution in [3.63, 3.8) is 0 Å². The number of rotatable bonds is 39. The average Bonchev–Trinajstić information content (AvgIpc) is 3.28. The van der Waals surface area contributed by atoms with Crippen LogP contribution >= 0.6 is 7.82 Å². The van der Waals surface area contributed by atoms with Gasteiger partial charge < -0.3 is 22.9 Å². The standard InChI is InChI=1S/C73H133O8PSi3/c1-57(2)36-27-37-58(3)38-28-39-59(4)40-29-41-60(5)42-30-43-61(6)44-31-45-62(7)46-32-47-63(8)48-33-49-64(9)50-34-51-65(10)52-35-53-66(11)54-55-76-82(74,75)79-70-69(81-85(25,26)73(18,19)20)68(80-84(23,24)72(15,16)17)67(78-70)56-77-83(21,22)71(12,13)14/h36,38,40,42,44,46,48,50,52,54,67-70H,27-35,37,39,41,43,45,47,49,51,53,55-56H2,1-26H3,(H,74,75)/b58-38+,59-40-,60-42-,61-44-,62-46-,63-48-,64-50-,65-52-,66-54-/t67-,68-,69+,70+/m1/s1/i70+2. The first-order chi connectivity index (χ1) is 39.1. The van der Waals surface area contributed by atoms with Gasteiger partial charge in [0.25, 0.3) is 0 Å². The fourth-order valence-corrected chi connectivity index (χ4v) is 13.4. The number of allylic oxidation sites excluding steroid dienone is 19. The van der Waals surface area contributed by atoms with Crippen LogP contribution in [0.3, 0.4) is 0 Å². The van der Waals surface area contributed by atoms with Gasteiger partial charge in [-0.3, -0.25) is 9.05 Å². The van der Waals surface area contributed by atoms with Crippen LogP contribution in [0.1, 0.15) is 254 Å². The second kappa shape index (κ2) is 38.6. The second-order valence-corrected chi connectivity index (χ2v) is 46.0. The summed E-state index contributed by atoms with van der Waals surface area (Å²) in [5, 5.41) is -0.263. The van der Waals surface area contributed by atoms with Crippen molar-refractivity contribution in [1.82, 2.24) is 0 Å². The van der Waals surface area contributed by atoms with E-state index < -0.39 is 57.4 Å². The maximum absolute atomic E-state index is 13.8. The lowest BCUT2D eigenvalue weighted by atomic mass is 10.0. The van der Waals surface area contributed by atoms with Gasteiger partial charge in [0, 0.05) is 0 Å². The van der Waals surface area contributed by atoms with Gasteiger partial charge in [-0.25, -0.2) is 4.57 Å². The molecule has 1 rings (SSSR count). The van der Waals surface area contributed by atoms with E-state index in [0.29, 0.717) is 0 Å². The molecule has 1 aliphatic rings. The van der Waals surface area contributed by atoms with Gasteiger partial charge in [-0.2, -0.15) is 0 Å². The Hall–Kier alpha value is -2.00. The highest BCUT2D eigenvalue weighted by molar-refractivity contribution is 7.47. The maximum Gasteiger partial charge on any atom is 0.474 e. The third kappa shape index (κ3) is 34.7. The van der Waals surface area contributed by atoms with Crippen molar-refractivity contribution in [1.29, 1.82) is 0 Å². The summed E-state index contributed by atoms with van der Waals surface area (Å²) >= 11 is 0. The number of hydrogen-bond acceptors (Lipinski definition) is 7. The van der Waals surface area contributed by atoms with Gasteiger partial charge in [-0.15, -0.1) is 0 Å². The van der Waals surface area contributed by atoms with E-state index in [1.807, 2.05) is 13.0 Å². The van der Waals surface area contributed by atoms with Crippen molar-refractivity contribution in [2.75, 3.05) is 13.2 Å². The summed E-state index contributed by atoms with van der Waals surface area (Å²) in [4.78, 5) is 11.2. The van der Waals surface area contributed by atoms with Crippen molar-refractivity contribution >= 4 is 32.8 Å². The molecule has 1 fully saturated rings. The Balaban J connectivity index is 2.63. The summed E-state index contributed by atoms with van der Waals surface area (Å²) in [6.07, 6.45) is 40.2. The van der Waals surface area contributed by atoms with Crippen molar-refractivity contribution in [3.8, 4) is 0 Å². The first kappa shape index (κ1) is 81.0. The van der Waals surface area contributed by atoms with Gasteiger partial charge in [0.1, 0.15) is 18.3 Å². The van der Waals surface area contributed by atoms with Crippen LogP contribution in [0.5, 0.6) is 0 Å². The van der Waals surface area contributed by atoms with Crippen molar-refractivity contribution < 1.29 is 36.5 Å². The summed E-state index contributed by atoms with van der Waals surface area (Å²) in [5.74, 6) is 0. The van der Waals surface area contributed by atoms with E-state index in [9.17, 15) is 9.46 Å². The van der Waals surface area contributed by atoms with E-state index in [-0.39, 0.29) is 28.3 Å². The van der Waals surface area contributed by atoms with Crippen LogP contribution in [0.25, 0.3) is 0 Å². The number of ether oxygens (including phenoxy) is 1. The first-order valence-electron chi connectivity index (χ1n) is 32.9. The van der Waals surface area contributed by atoms with Gasteiger partial charge in [-0.05, 0) is 246 Å². The topological polar surface area (TPSA) is 92.7 Å². The summed E-state index contributed by atoms with van der Waals surface area (Å²) in [6.45, 7) is 57.8. The molecule has 12 heteroatoms. The van der Waals surface area contributed by atoms with Gasteiger partial charge in [0.15, 0.2) is 31.2 Å². The number of phosphoric acid groups is 1. The van der Waals surface area contributed by atoms with E-state index in [1.54, 1.807) is 0 Å². The van der Waals surface area contributed by atoms with Gasteiger partial charge in [0.2, 0.25) is 0 Å². The van der Waals surface area contributed by atoms with Crippen LogP contribution < -0.4 is 0 Å². The molecule has 0 radical (unpaired) electrons. The van der Waals surface area contributed by atoms with Crippen LogP contribution in [0.4, 0.5) is 0 Å². The van der Waals surface area contributed by atoms with Gasteiger partial charge in [-0.1, -0.05) is 179 Å². The zero-order valence-electron chi connectivity index (χ0n) is 60.0. The quantitative estimate of drug-likeness (QED) is 0.0370. The maximum atomic E-state index is 13.8. The third-order valence-corrected chi connectivity index (χ3v) is 32.8. The van der Waals surface area contributed by atoms with Crippen LogP contribution in [-0.2, 0) is 31.6 Å². The molecule has 0 bridgehead atoms. The molecule has 0 aromatic heterocycles. The molecule has 1 N–H and O–H groups in total. The fraction of sp³-hybridized carbons (Fsp3) is 0.726. The molecule has 1 unspecified atom stereocenters. The third-order valence-electron chi connectivity index (χ3n) is 18.4. The molecule has 0 spiro atoms. The molecule has 0 aliphatic carbocycles. The highest BCUT2D eigenvalue weighted by Gasteiger charge is 2.56. The number of phosphoric ester groups is 1. The van der Waals surface area contributed by atoms with Crippen molar-refractivity contribution in [3.05, 3.63) is 116 Å². The smallest absolute Gasteiger partial charge is 0.414 e. The molecule has 8 nitrogen and oxygen atoms in total. The lowest BCUT2D eigenvalue weighted by Crippen LogP contribution is -2.55. The molecular formula is C73H133O8PSi3. The Morgan fingerprint density at radius 2 is 0.706 bits per heavy atom. The van der Waals surface area contributed by atoms with E-state index in [4.69, 9.17) is 27.1 Å². The average molecular weight is 1260 g/mol. The fourth-order valence-electron chi connectivity index (χ4n) is 9.03. The van der Waals surface area contributed by atoms with E-state index >= 15 is 0 Å². The Morgan fingerprint density at radius 1 is 0.435 bits per heavy atom. The summed E-state index contributed by atoms with van der Waals surface area (Å²) in [5.41, 5.74) is 14.4. The predicted molar refractivity (Wildman–Crippen MR) is 379 cm³/mol. The number of hydrogen-bond donors (Lipinski definition) is 1. The second-order valence-electron chi connectivity index (χ2n) is 30.3. The largest absolute Gasteiger partial charge is 0.474 e. The lowest BCUT2D eigenvalue weighted by molar-refractivity contribution is -0.124. The molecule has 0 saturated carbocycles. The minimum atomic E-state index is -4.60. The minimum absolute atomic E-state index is 0.0185. The Kier molecular flexibility index (Phi) is 36.8. The highest BCUT2D eigenvalue weighted by Crippen LogP contribution is 2.50. The van der Waals surface area contributed by atoms with E-state index in [1.165, 1.54) is 63.0 Å². The molecule has 0 aromatic rings. The Labute approximate surface area is 529 Å². The molecule has 0 aromatic carbocycles. The predicted octanol–water partition coefficient (Wildman–Crippen LogP) is 24.2. The van der Waals surface area contributed by atoms with E-state index in [2.05, 4.69) is 226 Å². The Morgan fingerprint density at radius 3 is 0.988 bits per heavy atom. The molecule has 490 valence electrons. The van der Waals surface area contributed by atoms with E-state index in [0.717, 1.165) is 108 Å². The first-order valence-corrected chi connectivity index (χ1v) is 43.1. The van der Waals surface area contributed by atoms with Crippen LogP contribution in [-0.4, -0.2) is 67.7 Å². The van der Waals surface area contributed by atoms with Crippen LogP contribution in [0, 0.1) is 0 Å². The molecular weight excluding hydrogens is 1120 g/mol. The van der Waals surface area contributed by atoms with Crippen LogP contribution in [0.2, 0.25) is 54.4 Å². The summed E-state index contributed by atoms with van der Waals surface area (Å²) in [7, 11) is -11.6. The molecule has 1 aliphatic heterocycles. The van der Waals surface area contributed by atoms with Gasteiger partial charge >= 0.3 is 7.82 Å². The summed E-state index contributed by atoms with van der Waals surface area (Å²) < 4.78 is 52.9. The molecule has 1 saturated heterocycles. The van der Waals surface area contributed by atoms with Gasteiger partial charge in [0.05, 0.1) is 13.2 Å². The van der Waals surface area contributed by atoms with Crippen molar-refractivity contribution in [2.45, 2.75) is 333 Å². The molecule has 1 heterocycles. The molecule has 0 amide bonds. The summed E-state index contributed by atoms with van der Waals surface area (Å²) in [6, 6.07) is 0. The zero-order chi connectivity index (χ0) is 65.0. The Bertz CT molecular complexity index is 2370. The zero-order valence-corrected chi connectivity index (χ0v) is 63.9.